The highest BCUT2D eigenvalue weighted by Crippen LogP contribution is 2.29. The van der Waals surface area contributed by atoms with Gasteiger partial charge in [0.25, 0.3) is 0 Å². The summed E-state index contributed by atoms with van der Waals surface area (Å²) in [6, 6.07) is 1.52. The molecular weight excluding hydrogens is 218 g/mol. The second-order valence-corrected chi connectivity index (χ2v) is 4.10. The summed E-state index contributed by atoms with van der Waals surface area (Å²) in [5.41, 5.74) is 4.39. The van der Waals surface area contributed by atoms with Crippen molar-refractivity contribution in [3.8, 4) is 0 Å². The molecule has 1 aliphatic heterocycles. The van der Waals surface area contributed by atoms with Crippen LogP contribution in [0.15, 0.2) is 17.1 Å². The number of thioether (sulfide) groups is 1. The molecule has 0 radical (unpaired) electrons. The Morgan fingerprint density at radius 2 is 2.53 bits per heavy atom. The minimum Gasteiger partial charge on any atom is -0.383 e. The van der Waals surface area contributed by atoms with Crippen LogP contribution in [0.1, 0.15) is 6.23 Å². The fraction of sp³-hybridized carbons (Fsp3) is 0.375. The van der Waals surface area contributed by atoms with E-state index in [-0.39, 0.29) is 5.82 Å². The molecule has 0 unspecified atom stereocenters. The number of ether oxygens (including phenoxy) is 1. The van der Waals surface area contributed by atoms with E-state index >= 15 is 0 Å². The van der Waals surface area contributed by atoms with Crippen molar-refractivity contribution in [3.63, 3.8) is 0 Å². The van der Waals surface area contributed by atoms with E-state index in [2.05, 4.69) is 4.98 Å². The summed E-state index contributed by atoms with van der Waals surface area (Å²) in [5.74, 6) is 0.725. The molecule has 0 aliphatic carbocycles. The molecule has 1 saturated heterocycles. The molecule has 2 N–H and O–H groups in total. The molecule has 2 atom stereocenters. The minimum atomic E-state index is -0.501. The molecule has 0 amide bonds. The monoisotopic (exact) mass is 227 g/mol. The number of nitrogens with zero attached hydrogens (tertiary/aromatic N) is 2. The quantitative estimate of drug-likeness (QED) is 0.692. The molecule has 0 spiro atoms. The second-order valence-electron chi connectivity index (χ2n) is 2.97. The van der Waals surface area contributed by atoms with Crippen molar-refractivity contribution in [3.05, 3.63) is 22.7 Å². The van der Waals surface area contributed by atoms with E-state index in [0.29, 0.717) is 12.0 Å². The lowest BCUT2D eigenvalue weighted by Gasteiger charge is -2.11. The van der Waals surface area contributed by atoms with E-state index in [4.69, 9.17) is 10.5 Å². The SMILES string of the molecule is Nc1ccn([C@@H]2CS[C@H](C=O)O2)c(=O)n1. The number of hydrogen-bond donors (Lipinski definition) is 1. The second kappa shape index (κ2) is 4.03. The van der Waals surface area contributed by atoms with Gasteiger partial charge in [0.05, 0.1) is 0 Å². The first-order chi connectivity index (χ1) is 7.20. The third kappa shape index (κ3) is 2.02. The van der Waals surface area contributed by atoms with Gasteiger partial charge in [-0.2, -0.15) is 4.98 Å². The van der Waals surface area contributed by atoms with E-state index < -0.39 is 17.4 Å². The number of carbonyl (C=O) groups excluding carboxylic acids is 1. The summed E-state index contributed by atoms with van der Waals surface area (Å²) in [5, 5.41) is 0. The molecule has 1 aliphatic rings. The molecule has 1 fully saturated rings. The Kier molecular flexibility index (Phi) is 2.74. The average Bonchev–Trinajstić information content (AvgIpc) is 2.66. The highest BCUT2D eigenvalue weighted by Gasteiger charge is 2.27. The van der Waals surface area contributed by atoms with Crippen LogP contribution in [0.2, 0.25) is 0 Å². The molecule has 7 heteroatoms. The van der Waals surface area contributed by atoms with Crippen LogP contribution in [0.4, 0.5) is 5.82 Å². The molecule has 0 aromatic carbocycles. The molecule has 80 valence electrons. The highest BCUT2D eigenvalue weighted by atomic mass is 32.2. The van der Waals surface area contributed by atoms with Crippen molar-refractivity contribution in [2.45, 2.75) is 11.7 Å². The molecule has 0 bridgehead atoms. The van der Waals surface area contributed by atoms with E-state index in [1.807, 2.05) is 0 Å². The van der Waals surface area contributed by atoms with E-state index in [1.54, 1.807) is 0 Å². The molecule has 15 heavy (non-hydrogen) atoms. The maximum Gasteiger partial charge on any atom is 0.351 e. The van der Waals surface area contributed by atoms with Crippen LogP contribution in [0, 0.1) is 0 Å². The van der Waals surface area contributed by atoms with Gasteiger partial charge >= 0.3 is 5.69 Å². The van der Waals surface area contributed by atoms with Gasteiger partial charge in [0, 0.05) is 11.9 Å². The van der Waals surface area contributed by atoms with Gasteiger partial charge < -0.3 is 10.5 Å². The zero-order chi connectivity index (χ0) is 10.8. The molecule has 2 rings (SSSR count). The maximum atomic E-state index is 11.4. The predicted molar refractivity (Wildman–Crippen MR) is 55.3 cm³/mol. The Labute approximate surface area is 89.4 Å². The lowest BCUT2D eigenvalue weighted by Crippen LogP contribution is -2.28. The summed E-state index contributed by atoms with van der Waals surface area (Å²) < 4.78 is 6.62. The van der Waals surface area contributed by atoms with Crippen molar-refractivity contribution in [1.82, 2.24) is 9.55 Å². The number of aromatic nitrogens is 2. The third-order valence-electron chi connectivity index (χ3n) is 1.97. The molecule has 2 heterocycles. The Bertz CT molecular complexity index is 433. The number of nitrogen functional groups attached to an aromatic ring is 1. The van der Waals surface area contributed by atoms with Crippen molar-refractivity contribution in [2.75, 3.05) is 11.5 Å². The Balaban J connectivity index is 2.24. The van der Waals surface area contributed by atoms with Crippen molar-refractivity contribution < 1.29 is 9.53 Å². The average molecular weight is 227 g/mol. The highest BCUT2D eigenvalue weighted by molar-refractivity contribution is 8.00. The molecular formula is C8H9N3O3S. The minimum absolute atomic E-state index is 0.175. The largest absolute Gasteiger partial charge is 0.383 e. The van der Waals surface area contributed by atoms with Crippen LogP contribution in [0.3, 0.4) is 0 Å². The number of hydrogen-bond acceptors (Lipinski definition) is 6. The van der Waals surface area contributed by atoms with E-state index in [1.165, 1.54) is 28.6 Å². The van der Waals surface area contributed by atoms with E-state index in [0.717, 1.165) is 0 Å². The first-order valence-electron chi connectivity index (χ1n) is 4.28. The van der Waals surface area contributed by atoms with Crippen molar-refractivity contribution in [2.24, 2.45) is 0 Å². The Morgan fingerprint density at radius 1 is 1.73 bits per heavy atom. The fourth-order valence-corrected chi connectivity index (χ4v) is 2.15. The summed E-state index contributed by atoms with van der Waals surface area (Å²) in [6.07, 6.45) is 1.79. The lowest BCUT2D eigenvalue weighted by molar-refractivity contribution is -0.116. The Hall–Kier alpha value is -1.34. The van der Waals surface area contributed by atoms with Crippen LogP contribution >= 0.6 is 11.8 Å². The predicted octanol–water partition coefficient (Wildman–Crippen LogP) is -0.388. The number of carbonyl (C=O) groups is 1. The topological polar surface area (TPSA) is 87.2 Å². The third-order valence-corrected chi connectivity index (χ3v) is 3.00. The maximum absolute atomic E-state index is 11.4. The summed E-state index contributed by atoms with van der Waals surface area (Å²) in [4.78, 5) is 25.4. The van der Waals surface area contributed by atoms with Crippen LogP contribution in [0.25, 0.3) is 0 Å². The zero-order valence-electron chi connectivity index (χ0n) is 7.70. The smallest absolute Gasteiger partial charge is 0.351 e. The normalized spacial score (nSPS) is 25.3. The van der Waals surface area contributed by atoms with Gasteiger partial charge in [-0.1, -0.05) is 0 Å². The number of nitrogens with two attached hydrogens (primary N) is 1. The van der Waals surface area contributed by atoms with Crippen LogP contribution in [-0.2, 0) is 9.53 Å². The number of aldehydes is 1. The number of anilines is 1. The van der Waals surface area contributed by atoms with Gasteiger partial charge in [-0.05, 0) is 6.07 Å². The van der Waals surface area contributed by atoms with Gasteiger partial charge in [0.2, 0.25) is 0 Å². The molecule has 1 aromatic rings. The summed E-state index contributed by atoms with van der Waals surface area (Å²) >= 11 is 1.35. The van der Waals surface area contributed by atoms with Gasteiger partial charge in [0.15, 0.2) is 11.7 Å². The number of rotatable bonds is 2. The Morgan fingerprint density at radius 3 is 3.13 bits per heavy atom. The van der Waals surface area contributed by atoms with Gasteiger partial charge in [-0.15, -0.1) is 11.8 Å². The van der Waals surface area contributed by atoms with Crippen LogP contribution in [-0.4, -0.2) is 27.0 Å². The van der Waals surface area contributed by atoms with Crippen LogP contribution in [0.5, 0.6) is 0 Å². The van der Waals surface area contributed by atoms with E-state index in [9.17, 15) is 9.59 Å². The molecule has 6 nitrogen and oxygen atoms in total. The first kappa shape index (κ1) is 10.2. The molecule has 1 aromatic heterocycles. The molecule has 0 saturated carbocycles. The lowest BCUT2D eigenvalue weighted by atomic mass is 10.5. The zero-order valence-corrected chi connectivity index (χ0v) is 8.52. The fourth-order valence-electron chi connectivity index (χ4n) is 1.27. The summed E-state index contributed by atoms with van der Waals surface area (Å²) in [6.45, 7) is 0. The van der Waals surface area contributed by atoms with Gasteiger partial charge in [-0.25, -0.2) is 4.79 Å². The standard InChI is InChI=1S/C8H9N3O3S/c9-5-1-2-11(8(13)10-5)6-4-15-7(3-12)14-6/h1-3,6-7H,4H2,(H2,9,10,13)/t6-,7+/m0/s1. The van der Waals surface area contributed by atoms with Crippen LogP contribution < -0.4 is 11.4 Å². The summed E-state index contributed by atoms with van der Waals surface area (Å²) in [7, 11) is 0. The first-order valence-corrected chi connectivity index (χ1v) is 5.32. The van der Waals surface area contributed by atoms with Crippen molar-refractivity contribution in [1.29, 1.82) is 0 Å². The van der Waals surface area contributed by atoms with Gasteiger partial charge in [0.1, 0.15) is 12.0 Å². The van der Waals surface area contributed by atoms with Crippen molar-refractivity contribution >= 4 is 23.9 Å². The van der Waals surface area contributed by atoms with Gasteiger partial charge in [-0.3, -0.25) is 9.36 Å².